The van der Waals surface area contributed by atoms with Crippen LogP contribution in [0.3, 0.4) is 0 Å². The minimum absolute atomic E-state index is 0.0369. The van der Waals surface area contributed by atoms with Crippen LogP contribution >= 0.6 is 0 Å². The Kier molecular flexibility index (Phi) is 6.83. The van der Waals surface area contributed by atoms with Gasteiger partial charge in [-0.1, -0.05) is 37.3 Å². The van der Waals surface area contributed by atoms with Crippen molar-refractivity contribution in [3.05, 3.63) is 76.0 Å². The van der Waals surface area contributed by atoms with E-state index in [9.17, 15) is 14.7 Å². The number of benzene rings is 2. The lowest BCUT2D eigenvalue weighted by atomic mass is 9.68. The Morgan fingerprint density at radius 1 is 1.06 bits per heavy atom. The molecule has 3 unspecified atom stereocenters. The lowest BCUT2D eigenvalue weighted by Crippen LogP contribution is -2.39. The van der Waals surface area contributed by atoms with Gasteiger partial charge in [0.2, 0.25) is 0 Å². The molecule has 5 rings (SSSR count). The monoisotopic (exact) mass is 485 g/mol. The van der Waals surface area contributed by atoms with Gasteiger partial charge in [0.05, 0.1) is 0 Å². The number of rotatable bonds is 5. The fraction of sp³-hybridized carbons (Fsp3) is 0.452. The van der Waals surface area contributed by atoms with Crippen LogP contribution in [0.4, 0.5) is 0 Å². The van der Waals surface area contributed by atoms with E-state index in [-0.39, 0.29) is 29.5 Å². The second-order valence-electron chi connectivity index (χ2n) is 10.5. The Hall–Kier alpha value is -3.21. The summed E-state index contributed by atoms with van der Waals surface area (Å²) in [6.07, 6.45) is 5.50. The van der Waals surface area contributed by atoms with E-state index in [1.807, 2.05) is 13.0 Å². The summed E-state index contributed by atoms with van der Waals surface area (Å²) in [6.45, 7) is 6.21. The number of ketones is 1. The average molecular weight is 486 g/mol. The minimum Gasteiger partial charge on any atom is -0.508 e. The van der Waals surface area contributed by atoms with Gasteiger partial charge in [-0.3, -0.25) is 14.6 Å². The van der Waals surface area contributed by atoms with Crippen molar-refractivity contribution in [2.24, 2.45) is 10.9 Å². The van der Waals surface area contributed by atoms with E-state index < -0.39 is 11.8 Å². The second kappa shape index (κ2) is 10.0. The molecule has 2 aromatic rings. The number of hydrogen-bond donors (Lipinski definition) is 1. The number of nitrogens with zero attached hydrogens (tertiary/aromatic N) is 1. The van der Waals surface area contributed by atoms with Gasteiger partial charge >= 0.3 is 5.97 Å². The highest BCUT2D eigenvalue weighted by Crippen LogP contribution is 2.48. The van der Waals surface area contributed by atoms with Crippen LogP contribution in [-0.4, -0.2) is 28.7 Å². The topological polar surface area (TPSA) is 76.0 Å². The molecule has 1 saturated carbocycles. The second-order valence-corrected chi connectivity index (χ2v) is 10.5. The molecule has 0 saturated heterocycles. The third kappa shape index (κ3) is 4.52. The first-order chi connectivity index (χ1) is 17.4. The van der Waals surface area contributed by atoms with Gasteiger partial charge in [0.1, 0.15) is 17.8 Å². The molecule has 0 spiro atoms. The number of aliphatic imine (C=N–C) groups is 1. The largest absolute Gasteiger partial charge is 0.508 e. The molecule has 1 aliphatic heterocycles. The molecule has 1 N–H and O–H groups in total. The van der Waals surface area contributed by atoms with Crippen molar-refractivity contribution < 1.29 is 19.4 Å². The summed E-state index contributed by atoms with van der Waals surface area (Å²) in [5.41, 5.74) is 6.53. The molecule has 1 fully saturated rings. The number of carbonyl (C=O) groups is 2. The molecule has 3 atom stereocenters. The highest BCUT2D eigenvalue weighted by molar-refractivity contribution is 6.09. The van der Waals surface area contributed by atoms with Crippen molar-refractivity contribution in [2.45, 2.75) is 83.7 Å². The number of Topliss-reactive ketones (excluding diaryl/α,β-unsaturated/α-hetero) is 1. The molecule has 188 valence electrons. The van der Waals surface area contributed by atoms with Gasteiger partial charge in [0.15, 0.2) is 5.78 Å². The van der Waals surface area contributed by atoms with Crippen LogP contribution in [0.1, 0.15) is 86.0 Å². The van der Waals surface area contributed by atoms with Crippen LogP contribution in [0.5, 0.6) is 5.75 Å². The maximum atomic E-state index is 13.9. The van der Waals surface area contributed by atoms with Crippen LogP contribution in [0.15, 0.2) is 58.7 Å². The lowest BCUT2D eigenvalue weighted by molar-refractivity contribution is -0.151. The van der Waals surface area contributed by atoms with Crippen LogP contribution in [0.25, 0.3) is 0 Å². The predicted octanol–water partition coefficient (Wildman–Crippen LogP) is 6.46. The van der Waals surface area contributed by atoms with Crippen molar-refractivity contribution in [2.75, 3.05) is 0 Å². The SMILES string of the molecule is CCC1=NC2=C(C(=O)CC(c3c(C)cccc3C)C2)C(c2cccc(O)c2)C1C(=O)OC1CCCC1. The minimum atomic E-state index is -0.656. The number of esters is 1. The fourth-order valence-corrected chi connectivity index (χ4v) is 6.54. The number of hydrogen-bond acceptors (Lipinski definition) is 5. The molecule has 0 aromatic heterocycles. The Bertz CT molecular complexity index is 1230. The predicted molar refractivity (Wildman–Crippen MR) is 140 cm³/mol. The number of phenolic OH excluding ortho intramolecular Hbond substituents is 1. The van der Waals surface area contributed by atoms with Crippen molar-refractivity contribution in [3.63, 3.8) is 0 Å². The number of ether oxygens (including phenoxy) is 1. The molecule has 0 amide bonds. The Morgan fingerprint density at radius 3 is 2.42 bits per heavy atom. The van der Waals surface area contributed by atoms with Gasteiger partial charge in [0, 0.05) is 29.3 Å². The summed E-state index contributed by atoms with van der Waals surface area (Å²) >= 11 is 0. The molecule has 3 aliphatic rings. The number of aromatic hydroxyl groups is 1. The summed E-state index contributed by atoms with van der Waals surface area (Å²) in [4.78, 5) is 32.5. The standard InChI is InChI=1S/C31H35NO4/c1-4-24-30(31(35)36-23-13-5-6-14-23)28(20-11-8-12-22(33)15-20)29-25(32-24)16-21(17-26(29)34)27-18(2)9-7-10-19(27)3/h7-12,15,21,23,28,30,33H,4-6,13-14,16-17H2,1-3H3. The molecular weight excluding hydrogens is 450 g/mol. The van der Waals surface area contributed by atoms with E-state index in [0.717, 1.165) is 42.7 Å². The molecule has 2 aliphatic carbocycles. The normalized spacial score (nSPS) is 24.5. The summed E-state index contributed by atoms with van der Waals surface area (Å²) in [5, 5.41) is 10.3. The Morgan fingerprint density at radius 2 is 1.75 bits per heavy atom. The van der Waals surface area contributed by atoms with Gasteiger partial charge in [0.25, 0.3) is 0 Å². The number of phenols is 1. The smallest absolute Gasteiger partial charge is 0.315 e. The lowest BCUT2D eigenvalue weighted by Gasteiger charge is -2.38. The molecular formula is C31H35NO4. The Labute approximate surface area is 213 Å². The molecule has 5 heteroatoms. The van der Waals surface area contributed by atoms with E-state index in [1.54, 1.807) is 18.2 Å². The molecule has 0 bridgehead atoms. The summed E-state index contributed by atoms with van der Waals surface area (Å²) in [5.74, 6) is -1.24. The molecule has 0 radical (unpaired) electrons. The van der Waals surface area contributed by atoms with E-state index in [0.29, 0.717) is 24.8 Å². The molecule has 2 aromatic carbocycles. The number of aryl methyl sites for hydroxylation is 2. The Balaban J connectivity index is 1.59. The van der Waals surface area contributed by atoms with Crippen molar-refractivity contribution in [3.8, 4) is 5.75 Å². The maximum absolute atomic E-state index is 13.9. The summed E-state index contributed by atoms with van der Waals surface area (Å²) in [6, 6.07) is 13.2. The average Bonchev–Trinajstić information content (AvgIpc) is 3.35. The van der Waals surface area contributed by atoms with E-state index in [4.69, 9.17) is 9.73 Å². The van der Waals surface area contributed by atoms with Gasteiger partial charge in [-0.25, -0.2) is 0 Å². The fourth-order valence-electron chi connectivity index (χ4n) is 6.54. The van der Waals surface area contributed by atoms with Gasteiger partial charge in [-0.05, 0) is 92.7 Å². The number of allylic oxidation sites excluding steroid dienone is 2. The summed E-state index contributed by atoms with van der Waals surface area (Å²) in [7, 11) is 0. The zero-order chi connectivity index (χ0) is 25.4. The first-order valence-electron chi connectivity index (χ1n) is 13.3. The zero-order valence-corrected chi connectivity index (χ0v) is 21.4. The highest BCUT2D eigenvalue weighted by Gasteiger charge is 2.46. The molecule has 36 heavy (non-hydrogen) atoms. The van der Waals surface area contributed by atoms with Crippen LogP contribution in [0, 0.1) is 19.8 Å². The van der Waals surface area contributed by atoms with E-state index in [2.05, 4.69) is 32.0 Å². The van der Waals surface area contributed by atoms with Gasteiger partial charge in [-0.2, -0.15) is 0 Å². The maximum Gasteiger partial charge on any atom is 0.315 e. The first kappa shape index (κ1) is 24.5. The highest BCUT2D eigenvalue weighted by atomic mass is 16.5. The van der Waals surface area contributed by atoms with Crippen LogP contribution in [-0.2, 0) is 14.3 Å². The first-order valence-corrected chi connectivity index (χ1v) is 13.3. The molecule has 1 heterocycles. The van der Waals surface area contributed by atoms with Crippen LogP contribution in [0.2, 0.25) is 0 Å². The zero-order valence-electron chi connectivity index (χ0n) is 21.4. The van der Waals surface area contributed by atoms with Crippen molar-refractivity contribution in [1.29, 1.82) is 0 Å². The number of carbonyl (C=O) groups excluding carboxylic acids is 2. The van der Waals surface area contributed by atoms with Crippen molar-refractivity contribution >= 4 is 17.5 Å². The quantitative estimate of drug-likeness (QED) is 0.493. The summed E-state index contributed by atoms with van der Waals surface area (Å²) < 4.78 is 5.99. The third-order valence-corrected chi connectivity index (χ3v) is 8.15. The van der Waals surface area contributed by atoms with E-state index >= 15 is 0 Å². The van der Waals surface area contributed by atoms with Gasteiger partial charge < -0.3 is 9.84 Å². The van der Waals surface area contributed by atoms with Gasteiger partial charge in [-0.15, -0.1) is 0 Å². The molecule has 5 nitrogen and oxygen atoms in total. The van der Waals surface area contributed by atoms with Crippen LogP contribution < -0.4 is 0 Å². The third-order valence-electron chi connectivity index (χ3n) is 8.15. The van der Waals surface area contributed by atoms with Crippen molar-refractivity contribution in [1.82, 2.24) is 0 Å². The van der Waals surface area contributed by atoms with E-state index in [1.165, 1.54) is 16.7 Å².